The van der Waals surface area contributed by atoms with E-state index >= 15 is 0 Å². The third-order valence-corrected chi connectivity index (χ3v) is 6.64. The fourth-order valence-corrected chi connectivity index (χ4v) is 4.98. The van der Waals surface area contributed by atoms with Crippen LogP contribution in [0.15, 0.2) is 54.7 Å². The Morgan fingerprint density at radius 3 is 2.68 bits per heavy atom. The number of aromatic nitrogens is 1. The first kappa shape index (κ1) is 17.5. The zero-order chi connectivity index (χ0) is 19.1. The molecule has 28 heavy (non-hydrogen) atoms. The molecule has 1 fully saturated rings. The first-order chi connectivity index (χ1) is 13.7. The predicted octanol–water partition coefficient (Wildman–Crippen LogP) is 3.87. The fraction of sp³-hybridized carbons (Fsp3) is 0.375. The Bertz CT molecular complexity index is 983. The molecule has 1 atom stereocenters. The normalized spacial score (nSPS) is 20.4. The number of aromatic amines is 1. The van der Waals surface area contributed by atoms with Crippen LogP contribution < -0.4 is 0 Å². The number of piperidine rings is 1. The average Bonchev–Trinajstić information content (AvgIpc) is 3.39. The maximum atomic E-state index is 13.1. The number of nitrogens with one attached hydrogen (secondary N) is 1. The van der Waals surface area contributed by atoms with E-state index in [1.807, 2.05) is 42.4 Å². The zero-order valence-electron chi connectivity index (χ0n) is 16.4. The summed E-state index contributed by atoms with van der Waals surface area (Å²) in [6.45, 7) is 2.12. The quantitative estimate of drug-likeness (QED) is 0.757. The average molecular weight is 374 g/mol. The third-order valence-electron chi connectivity index (χ3n) is 6.64. The number of hydrogen-bond acceptors (Lipinski definition) is 2. The predicted molar refractivity (Wildman–Crippen MR) is 113 cm³/mol. The van der Waals surface area contributed by atoms with Crippen LogP contribution in [0.1, 0.15) is 34.3 Å². The highest BCUT2D eigenvalue weighted by molar-refractivity contribution is 5.98. The second kappa shape index (κ2) is 7.10. The van der Waals surface area contributed by atoms with Gasteiger partial charge in [-0.2, -0.15) is 0 Å². The SMILES string of the molecule is CN(C(=O)c1ccc2cc[nH]c2c1)C1CCCN(C2Cc3ccccc3C2)C1. The first-order valence-corrected chi connectivity index (χ1v) is 10.3. The molecule has 3 aromatic rings. The molecule has 2 heterocycles. The summed E-state index contributed by atoms with van der Waals surface area (Å²) in [5, 5.41) is 1.14. The summed E-state index contributed by atoms with van der Waals surface area (Å²) in [6, 6.07) is 17.7. The second-order valence-electron chi connectivity index (χ2n) is 8.32. The summed E-state index contributed by atoms with van der Waals surface area (Å²) in [5.41, 5.74) is 4.78. The van der Waals surface area contributed by atoms with Crippen LogP contribution >= 0.6 is 0 Å². The molecule has 2 aromatic carbocycles. The number of nitrogens with zero attached hydrogens (tertiary/aromatic N) is 2. The minimum absolute atomic E-state index is 0.123. The van der Waals surface area contributed by atoms with Gasteiger partial charge in [-0.3, -0.25) is 9.69 Å². The van der Waals surface area contributed by atoms with Crippen molar-refractivity contribution in [3.63, 3.8) is 0 Å². The molecule has 0 spiro atoms. The van der Waals surface area contributed by atoms with E-state index in [0.29, 0.717) is 6.04 Å². The number of likely N-dealkylation sites (N-methyl/N-ethyl adjacent to an activating group) is 1. The highest BCUT2D eigenvalue weighted by Crippen LogP contribution is 2.28. The Morgan fingerprint density at radius 1 is 1.11 bits per heavy atom. The van der Waals surface area contributed by atoms with Gasteiger partial charge in [-0.1, -0.05) is 30.3 Å². The van der Waals surface area contributed by atoms with Crippen molar-refractivity contribution in [3.8, 4) is 0 Å². The molecule has 1 N–H and O–H groups in total. The third kappa shape index (κ3) is 3.12. The molecule has 1 aliphatic heterocycles. The van der Waals surface area contributed by atoms with E-state index in [4.69, 9.17) is 0 Å². The Balaban J connectivity index is 1.28. The van der Waals surface area contributed by atoms with Crippen LogP contribution in [-0.4, -0.2) is 52.9 Å². The molecule has 1 unspecified atom stereocenters. The molecule has 0 radical (unpaired) electrons. The van der Waals surface area contributed by atoms with Gasteiger partial charge in [0.1, 0.15) is 0 Å². The number of H-pyrrole nitrogens is 1. The summed E-state index contributed by atoms with van der Waals surface area (Å²) in [5.74, 6) is 0.123. The van der Waals surface area contributed by atoms with Gasteiger partial charge in [-0.15, -0.1) is 0 Å². The topological polar surface area (TPSA) is 39.3 Å². The van der Waals surface area contributed by atoms with Gasteiger partial charge in [0.15, 0.2) is 0 Å². The number of carbonyl (C=O) groups excluding carboxylic acids is 1. The van der Waals surface area contributed by atoms with Crippen molar-refractivity contribution in [3.05, 3.63) is 71.4 Å². The van der Waals surface area contributed by atoms with Crippen molar-refractivity contribution in [2.24, 2.45) is 0 Å². The van der Waals surface area contributed by atoms with Crippen LogP contribution in [0.5, 0.6) is 0 Å². The summed E-state index contributed by atoms with van der Waals surface area (Å²) >= 11 is 0. The molecular formula is C24H27N3O. The fourth-order valence-electron chi connectivity index (χ4n) is 4.98. The number of benzene rings is 2. The lowest BCUT2D eigenvalue weighted by molar-refractivity contribution is 0.0555. The van der Waals surface area contributed by atoms with E-state index in [2.05, 4.69) is 34.1 Å². The van der Waals surface area contributed by atoms with E-state index in [1.54, 1.807) is 0 Å². The molecule has 5 rings (SSSR count). The lowest BCUT2D eigenvalue weighted by atomic mass is 10.0. The standard InChI is InChI=1S/C24H27N3O/c1-26(24(28)20-9-8-17-10-11-25-23(17)15-20)21-7-4-12-27(16-21)22-13-18-5-2-3-6-19(18)14-22/h2-3,5-6,8-11,15,21-22,25H,4,7,12-14,16H2,1H3. The van der Waals surface area contributed by atoms with Crippen LogP contribution in [0, 0.1) is 0 Å². The second-order valence-corrected chi connectivity index (χ2v) is 8.32. The van der Waals surface area contributed by atoms with Gasteiger partial charge in [0.05, 0.1) is 0 Å². The molecule has 2 aliphatic rings. The maximum absolute atomic E-state index is 13.1. The van der Waals surface area contributed by atoms with Crippen LogP contribution in [0.2, 0.25) is 0 Å². The molecule has 0 bridgehead atoms. The van der Waals surface area contributed by atoms with E-state index in [1.165, 1.54) is 11.1 Å². The van der Waals surface area contributed by atoms with Crippen LogP contribution in [0.25, 0.3) is 10.9 Å². The number of amides is 1. The van der Waals surface area contributed by atoms with Crippen molar-refractivity contribution < 1.29 is 4.79 Å². The monoisotopic (exact) mass is 373 g/mol. The smallest absolute Gasteiger partial charge is 0.253 e. The molecule has 4 heteroatoms. The Kier molecular flexibility index (Phi) is 4.44. The van der Waals surface area contributed by atoms with Crippen molar-refractivity contribution in [1.82, 2.24) is 14.8 Å². The Labute approximate surface area is 166 Å². The minimum Gasteiger partial charge on any atom is -0.361 e. The molecule has 0 saturated carbocycles. The van der Waals surface area contributed by atoms with E-state index in [-0.39, 0.29) is 11.9 Å². The molecule has 4 nitrogen and oxygen atoms in total. The zero-order valence-corrected chi connectivity index (χ0v) is 16.4. The lowest BCUT2D eigenvalue weighted by Gasteiger charge is -2.40. The number of carbonyl (C=O) groups is 1. The van der Waals surface area contributed by atoms with Crippen molar-refractivity contribution in [2.75, 3.05) is 20.1 Å². The lowest BCUT2D eigenvalue weighted by Crippen LogP contribution is -2.51. The number of likely N-dealkylation sites (tertiary alicyclic amines) is 1. The van der Waals surface area contributed by atoms with E-state index in [0.717, 1.165) is 55.2 Å². The summed E-state index contributed by atoms with van der Waals surface area (Å²) < 4.78 is 0. The van der Waals surface area contributed by atoms with Crippen molar-refractivity contribution in [2.45, 2.75) is 37.8 Å². The number of fused-ring (bicyclic) bond motifs is 2. The summed E-state index contributed by atoms with van der Waals surface area (Å²) in [6.07, 6.45) is 6.45. The Hall–Kier alpha value is -2.59. The van der Waals surface area contributed by atoms with Crippen LogP contribution in [0.3, 0.4) is 0 Å². The van der Waals surface area contributed by atoms with Gasteiger partial charge in [0.25, 0.3) is 5.91 Å². The first-order valence-electron chi connectivity index (χ1n) is 10.3. The largest absolute Gasteiger partial charge is 0.361 e. The molecular weight excluding hydrogens is 346 g/mol. The van der Waals surface area contributed by atoms with E-state index < -0.39 is 0 Å². The maximum Gasteiger partial charge on any atom is 0.253 e. The number of rotatable bonds is 3. The molecule has 1 amide bonds. The highest BCUT2D eigenvalue weighted by Gasteiger charge is 2.33. The van der Waals surface area contributed by atoms with E-state index in [9.17, 15) is 4.79 Å². The molecule has 1 aromatic heterocycles. The molecule has 1 aliphatic carbocycles. The van der Waals surface area contributed by atoms with Gasteiger partial charge < -0.3 is 9.88 Å². The Morgan fingerprint density at radius 2 is 1.89 bits per heavy atom. The number of hydrogen-bond donors (Lipinski definition) is 1. The molecule has 1 saturated heterocycles. The summed E-state index contributed by atoms with van der Waals surface area (Å²) in [4.78, 5) is 20.9. The van der Waals surface area contributed by atoms with Crippen molar-refractivity contribution >= 4 is 16.8 Å². The van der Waals surface area contributed by atoms with Crippen LogP contribution in [0.4, 0.5) is 0 Å². The van der Waals surface area contributed by atoms with Gasteiger partial charge >= 0.3 is 0 Å². The highest BCUT2D eigenvalue weighted by atomic mass is 16.2. The van der Waals surface area contributed by atoms with Crippen LogP contribution in [-0.2, 0) is 12.8 Å². The molecule has 144 valence electrons. The summed E-state index contributed by atoms with van der Waals surface area (Å²) in [7, 11) is 1.97. The van der Waals surface area contributed by atoms with Gasteiger partial charge in [0.2, 0.25) is 0 Å². The van der Waals surface area contributed by atoms with Crippen molar-refractivity contribution in [1.29, 1.82) is 0 Å². The van der Waals surface area contributed by atoms with Gasteiger partial charge in [-0.05, 0) is 66.9 Å². The minimum atomic E-state index is 0.123. The van der Waals surface area contributed by atoms with Gasteiger partial charge in [-0.25, -0.2) is 0 Å². The van der Waals surface area contributed by atoms with Gasteiger partial charge in [0, 0.05) is 43.0 Å².